The third-order valence-corrected chi connectivity index (χ3v) is 3.42. The first-order chi connectivity index (χ1) is 7.98. The predicted octanol–water partition coefficient (Wildman–Crippen LogP) is 6.40. The molecule has 0 saturated heterocycles. The van der Waals surface area contributed by atoms with Gasteiger partial charge in [-0.3, -0.25) is 0 Å². The SMILES string of the molecule is CCCCCCCC[CH]CC(C)(C)CC(C)C. The lowest BCUT2D eigenvalue weighted by atomic mass is 9.79. The van der Waals surface area contributed by atoms with E-state index in [0.717, 1.165) is 5.92 Å². The Morgan fingerprint density at radius 2 is 1.53 bits per heavy atom. The van der Waals surface area contributed by atoms with Gasteiger partial charge in [0, 0.05) is 0 Å². The molecule has 0 nitrogen and oxygen atoms in total. The molecule has 17 heavy (non-hydrogen) atoms. The van der Waals surface area contributed by atoms with E-state index < -0.39 is 0 Å². The Bertz CT molecular complexity index is 155. The van der Waals surface area contributed by atoms with Crippen molar-refractivity contribution in [2.75, 3.05) is 0 Å². The zero-order valence-electron chi connectivity index (χ0n) is 13.0. The Balaban J connectivity index is 3.32. The van der Waals surface area contributed by atoms with Crippen molar-refractivity contribution in [3.63, 3.8) is 0 Å². The summed E-state index contributed by atoms with van der Waals surface area (Å²) < 4.78 is 0. The van der Waals surface area contributed by atoms with Gasteiger partial charge in [-0.15, -0.1) is 0 Å². The van der Waals surface area contributed by atoms with Crippen molar-refractivity contribution in [1.82, 2.24) is 0 Å². The summed E-state index contributed by atoms with van der Waals surface area (Å²) in [5, 5.41) is 0. The molecule has 0 aromatic carbocycles. The minimum absolute atomic E-state index is 0.510. The highest BCUT2D eigenvalue weighted by molar-refractivity contribution is 4.78. The Hall–Kier alpha value is 0. The van der Waals surface area contributed by atoms with E-state index in [2.05, 4.69) is 41.0 Å². The van der Waals surface area contributed by atoms with Crippen LogP contribution in [0.25, 0.3) is 0 Å². The maximum absolute atomic E-state index is 2.53. The molecule has 0 rings (SSSR count). The molecule has 103 valence electrons. The molecular formula is C17H35. The first-order valence-electron chi connectivity index (χ1n) is 7.79. The van der Waals surface area contributed by atoms with Crippen LogP contribution in [0.4, 0.5) is 0 Å². The summed E-state index contributed by atoms with van der Waals surface area (Å²) in [5.74, 6) is 0.826. The highest BCUT2D eigenvalue weighted by atomic mass is 14.2. The van der Waals surface area contributed by atoms with Gasteiger partial charge < -0.3 is 0 Å². The van der Waals surface area contributed by atoms with Crippen molar-refractivity contribution < 1.29 is 0 Å². The largest absolute Gasteiger partial charge is 0.0654 e. The summed E-state index contributed by atoms with van der Waals surface area (Å²) in [7, 11) is 0. The number of hydrogen-bond donors (Lipinski definition) is 0. The minimum Gasteiger partial charge on any atom is -0.0654 e. The molecule has 0 heteroatoms. The van der Waals surface area contributed by atoms with Crippen LogP contribution < -0.4 is 0 Å². The van der Waals surface area contributed by atoms with E-state index in [1.807, 2.05) is 0 Å². The maximum Gasteiger partial charge on any atom is -0.0349 e. The van der Waals surface area contributed by atoms with Crippen LogP contribution in [0.1, 0.15) is 92.4 Å². The van der Waals surface area contributed by atoms with Crippen LogP contribution in [0.5, 0.6) is 0 Å². The van der Waals surface area contributed by atoms with Crippen molar-refractivity contribution >= 4 is 0 Å². The quantitative estimate of drug-likeness (QED) is 0.366. The summed E-state index contributed by atoms with van der Waals surface area (Å²) in [6.45, 7) is 11.8. The Labute approximate surface area is 111 Å². The van der Waals surface area contributed by atoms with Gasteiger partial charge in [-0.05, 0) is 30.6 Å². The van der Waals surface area contributed by atoms with E-state index >= 15 is 0 Å². The molecule has 0 spiro atoms. The highest BCUT2D eigenvalue weighted by Crippen LogP contribution is 2.30. The maximum atomic E-state index is 2.53. The zero-order valence-corrected chi connectivity index (χ0v) is 13.0. The molecular weight excluding hydrogens is 204 g/mol. The van der Waals surface area contributed by atoms with E-state index in [4.69, 9.17) is 0 Å². The highest BCUT2D eigenvalue weighted by Gasteiger charge is 2.18. The molecule has 0 aliphatic rings. The lowest BCUT2D eigenvalue weighted by Crippen LogP contribution is -2.14. The number of hydrogen-bond acceptors (Lipinski definition) is 0. The molecule has 1 radical (unpaired) electrons. The van der Waals surface area contributed by atoms with Gasteiger partial charge in [-0.2, -0.15) is 0 Å². The Morgan fingerprint density at radius 3 is 2.12 bits per heavy atom. The van der Waals surface area contributed by atoms with Crippen molar-refractivity contribution in [3.05, 3.63) is 6.42 Å². The number of unbranched alkanes of at least 4 members (excludes halogenated alkanes) is 7. The molecule has 0 heterocycles. The van der Waals surface area contributed by atoms with Crippen LogP contribution in [-0.4, -0.2) is 0 Å². The van der Waals surface area contributed by atoms with E-state index in [9.17, 15) is 0 Å². The van der Waals surface area contributed by atoms with Crippen LogP contribution in [0.3, 0.4) is 0 Å². The van der Waals surface area contributed by atoms with Crippen molar-refractivity contribution in [2.24, 2.45) is 11.3 Å². The smallest absolute Gasteiger partial charge is 0.0349 e. The van der Waals surface area contributed by atoms with E-state index in [0.29, 0.717) is 5.41 Å². The first-order valence-corrected chi connectivity index (χ1v) is 7.79. The third kappa shape index (κ3) is 12.2. The minimum atomic E-state index is 0.510. The molecule has 0 aromatic heterocycles. The van der Waals surface area contributed by atoms with Gasteiger partial charge >= 0.3 is 0 Å². The van der Waals surface area contributed by atoms with Gasteiger partial charge in [0.2, 0.25) is 0 Å². The van der Waals surface area contributed by atoms with Crippen molar-refractivity contribution in [2.45, 2.75) is 92.4 Å². The van der Waals surface area contributed by atoms with Gasteiger partial charge in [0.25, 0.3) is 0 Å². The monoisotopic (exact) mass is 239 g/mol. The van der Waals surface area contributed by atoms with Gasteiger partial charge in [0.15, 0.2) is 0 Å². The van der Waals surface area contributed by atoms with Crippen LogP contribution in [-0.2, 0) is 0 Å². The molecule has 0 bridgehead atoms. The zero-order chi connectivity index (χ0) is 13.1. The average Bonchev–Trinajstić information content (AvgIpc) is 2.20. The second-order valence-electron chi connectivity index (χ2n) is 6.81. The summed E-state index contributed by atoms with van der Waals surface area (Å²) in [6.07, 6.45) is 15.0. The lowest BCUT2D eigenvalue weighted by molar-refractivity contribution is 0.280. The second-order valence-corrected chi connectivity index (χ2v) is 6.81. The van der Waals surface area contributed by atoms with Gasteiger partial charge in [-0.1, -0.05) is 79.6 Å². The standard InChI is InChI=1S/C17H35/c1-6-7-8-9-10-11-12-13-14-17(4,5)15-16(2)3/h13,16H,6-12,14-15H2,1-5H3. The molecule has 0 saturated carbocycles. The summed E-state index contributed by atoms with van der Waals surface area (Å²) in [4.78, 5) is 0. The predicted molar refractivity (Wildman–Crippen MR) is 80.1 cm³/mol. The molecule has 0 N–H and O–H groups in total. The van der Waals surface area contributed by atoms with Crippen LogP contribution in [0.2, 0.25) is 0 Å². The normalized spacial score (nSPS) is 12.4. The van der Waals surface area contributed by atoms with Crippen molar-refractivity contribution in [3.8, 4) is 0 Å². The molecule has 0 atom stereocenters. The fourth-order valence-corrected chi connectivity index (χ4v) is 2.75. The van der Waals surface area contributed by atoms with E-state index in [1.54, 1.807) is 0 Å². The van der Waals surface area contributed by atoms with Crippen LogP contribution >= 0.6 is 0 Å². The summed E-state index contributed by atoms with van der Waals surface area (Å²) in [5.41, 5.74) is 0.510. The first kappa shape index (κ1) is 17.0. The third-order valence-electron chi connectivity index (χ3n) is 3.42. The fraction of sp³-hybridized carbons (Fsp3) is 0.941. The topological polar surface area (TPSA) is 0 Å². The van der Waals surface area contributed by atoms with Crippen molar-refractivity contribution in [1.29, 1.82) is 0 Å². The van der Waals surface area contributed by atoms with E-state index in [1.165, 1.54) is 57.8 Å². The molecule has 0 aromatic rings. The second kappa shape index (κ2) is 9.97. The Kier molecular flexibility index (Phi) is 9.97. The van der Waals surface area contributed by atoms with E-state index in [-0.39, 0.29) is 0 Å². The fourth-order valence-electron chi connectivity index (χ4n) is 2.75. The summed E-state index contributed by atoms with van der Waals surface area (Å²) in [6, 6.07) is 0. The van der Waals surface area contributed by atoms with Gasteiger partial charge in [0.1, 0.15) is 0 Å². The molecule has 0 aliphatic heterocycles. The van der Waals surface area contributed by atoms with Gasteiger partial charge in [-0.25, -0.2) is 0 Å². The lowest BCUT2D eigenvalue weighted by Gasteiger charge is -2.26. The Morgan fingerprint density at radius 1 is 0.941 bits per heavy atom. The van der Waals surface area contributed by atoms with Gasteiger partial charge in [0.05, 0.1) is 0 Å². The number of rotatable bonds is 11. The molecule has 0 aliphatic carbocycles. The average molecular weight is 239 g/mol. The molecule has 0 unspecified atom stereocenters. The summed E-state index contributed by atoms with van der Waals surface area (Å²) >= 11 is 0. The molecule has 0 fully saturated rings. The van der Waals surface area contributed by atoms with Crippen LogP contribution in [0.15, 0.2) is 0 Å². The van der Waals surface area contributed by atoms with Crippen LogP contribution in [0, 0.1) is 17.8 Å². The molecule has 0 amide bonds.